The Bertz CT molecular complexity index is 667. The third-order valence-electron chi connectivity index (χ3n) is 3.54. The van der Waals surface area contributed by atoms with Gasteiger partial charge in [0.2, 0.25) is 12.2 Å². The molecule has 30 heavy (non-hydrogen) atoms. The maximum Gasteiger partial charge on any atom is 0.303 e. The van der Waals surface area contributed by atoms with E-state index in [9.17, 15) is 14.4 Å². The largest absolute Gasteiger partial charge is 0.463 e. The second-order valence-electron chi connectivity index (χ2n) is 6.02. The highest BCUT2D eigenvalue weighted by atomic mass is 35.6. The van der Waals surface area contributed by atoms with Crippen molar-refractivity contribution < 1.29 is 42.8 Å². The minimum Gasteiger partial charge on any atom is -0.463 e. The van der Waals surface area contributed by atoms with Gasteiger partial charge < -0.3 is 28.4 Å². The lowest BCUT2D eigenvalue weighted by Gasteiger charge is -2.44. The van der Waals surface area contributed by atoms with Crippen LogP contribution in [0.25, 0.3) is 0 Å². The zero-order valence-electron chi connectivity index (χ0n) is 16.4. The van der Waals surface area contributed by atoms with E-state index in [1.54, 1.807) is 0 Å². The van der Waals surface area contributed by atoms with E-state index in [0.29, 0.717) is 0 Å². The molecule has 1 aliphatic heterocycles. The van der Waals surface area contributed by atoms with Crippen LogP contribution in [0, 0.1) is 5.41 Å². The summed E-state index contributed by atoms with van der Waals surface area (Å²) in [7, 11) is 0. The van der Waals surface area contributed by atoms with E-state index in [1.807, 2.05) is 0 Å². The first-order valence-electron chi connectivity index (χ1n) is 8.55. The van der Waals surface area contributed by atoms with Gasteiger partial charge in [0.25, 0.3) is 3.79 Å². The van der Waals surface area contributed by atoms with Crippen molar-refractivity contribution in [2.45, 2.75) is 55.3 Å². The number of esters is 3. The van der Waals surface area contributed by atoms with E-state index in [-0.39, 0.29) is 13.2 Å². The molecule has 0 spiro atoms. The molecule has 170 valence electrons. The lowest BCUT2D eigenvalue weighted by molar-refractivity contribution is -0.295. The van der Waals surface area contributed by atoms with Gasteiger partial charge in [-0.1, -0.05) is 40.9 Å². The second-order valence-corrected chi connectivity index (χ2v) is 8.31. The van der Waals surface area contributed by atoms with Gasteiger partial charge in [0.1, 0.15) is 18.8 Å². The molecule has 0 bridgehead atoms. The van der Waals surface area contributed by atoms with Crippen molar-refractivity contribution in [1.29, 1.82) is 5.41 Å². The number of alkyl halides is 3. The Hall–Kier alpha value is -1.59. The van der Waals surface area contributed by atoms with Gasteiger partial charge in [0.05, 0.1) is 6.61 Å². The van der Waals surface area contributed by atoms with Crippen molar-refractivity contribution in [2.75, 3.05) is 13.2 Å². The first kappa shape index (κ1) is 26.4. The van der Waals surface area contributed by atoms with Crippen LogP contribution in [-0.2, 0) is 42.8 Å². The monoisotopic (exact) mass is 489 g/mol. The number of rotatable bonds is 8. The molecule has 1 saturated heterocycles. The second kappa shape index (κ2) is 11.7. The van der Waals surface area contributed by atoms with Gasteiger partial charge >= 0.3 is 17.9 Å². The molecular weight excluding hydrogens is 469 g/mol. The summed E-state index contributed by atoms with van der Waals surface area (Å²) in [5, 5.41) is 7.79. The number of hydrogen-bond donors (Lipinski definition) is 1. The maximum absolute atomic E-state index is 11.7. The number of nitrogens with one attached hydrogen (secondary N) is 1. The van der Waals surface area contributed by atoms with Crippen LogP contribution in [0.5, 0.6) is 0 Å². The first-order valence-corrected chi connectivity index (χ1v) is 9.68. The number of ether oxygens (including phenoxy) is 6. The van der Waals surface area contributed by atoms with Crippen LogP contribution in [0.15, 0.2) is 12.7 Å². The molecule has 0 radical (unpaired) electrons. The number of hydrogen-bond acceptors (Lipinski definition) is 10. The summed E-state index contributed by atoms with van der Waals surface area (Å²) in [5.41, 5.74) is 0. The van der Waals surface area contributed by atoms with Crippen molar-refractivity contribution in [2.24, 2.45) is 0 Å². The van der Waals surface area contributed by atoms with Crippen LogP contribution >= 0.6 is 34.8 Å². The standard InChI is InChI=1S/C17H22Cl3NO9/c1-5-6-25-13-12(27-9(3)23)11(7-26-8(2)22)29-15(14(13)28-10(4)24)30-16(21)17(18,19)20/h5,11-15,21H,1,6-7H2,2-4H3/t11-,12+,13+,14-,15?/m1/s1. The first-order chi connectivity index (χ1) is 13.9. The molecule has 13 heteroatoms. The third kappa shape index (κ3) is 8.27. The summed E-state index contributed by atoms with van der Waals surface area (Å²) >= 11 is 16.9. The Morgan fingerprint density at radius 2 is 1.57 bits per heavy atom. The van der Waals surface area contributed by atoms with Crippen LogP contribution in [0.4, 0.5) is 0 Å². The van der Waals surface area contributed by atoms with Gasteiger partial charge in [0.15, 0.2) is 12.2 Å². The molecule has 1 heterocycles. The van der Waals surface area contributed by atoms with E-state index in [4.69, 9.17) is 68.6 Å². The van der Waals surface area contributed by atoms with Gasteiger partial charge in [0, 0.05) is 20.8 Å². The van der Waals surface area contributed by atoms with Gasteiger partial charge in [-0.2, -0.15) is 0 Å². The highest BCUT2D eigenvalue weighted by Gasteiger charge is 2.53. The lowest BCUT2D eigenvalue weighted by Crippen LogP contribution is -2.63. The van der Waals surface area contributed by atoms with Crippen molar-refractivity contribution >= 4 is 58.6 Å². The van der Waals surface area contributed by atoms with Crippen LogP contribution < -0.4 is 0 Å². The van der Waals surface area contributed by atoms with Crippen molar-refractivity contribution in [3.8, 4) is 0 Å². The minimum atomic E-state index is -2.24. The predicted octanol–water partition coefficient (Wildman–Crippen LogP) is 2.07. The molecule has 0 aromatic heterocycles. The summed E-state index contributed by atoms with van der Waals surface area (Å²) in [6.07, 6.45) is -4.89. The summed E-state index contributed by atoms with van der Waals surface area (Å²) in [6.45, 7) is 6.57. The SMILES string of the molecule is C=CCO[C@H]1[C@@H](OC(C)=O)[C@@H](COC(C)=O)OC(OC(=N)C(Cl)(Cl)Cl)[C@@H]1OC(C)=O. The molecule has 0 aliphatic carbocycles. The zero-order valence-corrected chi connectivity index (χ0v) is 18.7. The summed E-state index contributed by atoms with van der Waals surface area (Å²) in [4.78, 5) is 34.6. The highest BCUT2D eigenvalue weighted by Crippen LogP contribution is 2.33. The van der Waals surface area contributed by atoms with Gasteiger partial charge in [-0.05, 0) is 0 Å². The molecule has 0 aromatic rings. The van der Waals surface area contributed by atoms with E-state index in [1.165, 1.54) is 13.0 Å². The molecule has 1 fully saturated rings. The fourth-order valence-electron chi connectivity index (χ4n) is 2.51. The summed E-state index contributed by atoms with van der Waals surface area (Å²) < 4.78 is 29.8. The van der Waals surface area contributed by atoms with Crippen LogP contribution in [0.2, 0.25) is 0 Å². The molecule has 1 N–H and O–H groups in total. The van der Waals surface area contributed by atoms with Crippen molar-refractivity contribution in [3.63, 3.8) is 0 Å². The quantitative estimate of drug-likeness (QED) is 0.136. The summed E-state index contributed by atoms with van der Waals surface area (Å²) in [5.74, 6) is -2.89. The predicted molar refractivity (Wildman–Crippen MR) is 105 cm³/mol. The molecule has 5 atom stereocenters. The smallest absolute Gasteiger partial charge is 0.303 e. The zero-order chi connectivity index (χ0) is 23.1. The molecule has 0 amide bonds. The van der Waals surface area contributed by atoms with Crippen LogP contribution in [0.1, 0.15) is 20.8 Å². The fraction of sp³-hybridized carbons (Fsp3) is 0.647. The maximum atomic E-state index is 11.7. The third-order valence-corrected chi connectivity index (χ3v) is 4.06. The Balaban J connectivity index is 3.33. The molecular formula is C17H22Cl3NO9. The van der Waals surface area contributed by atoms with E-state index >= 15 is 0 Å². The average molecular weight is 491 g/mol. The highest BCUT2D eigenvalue weighted by molar-refractivity contribution is 6.76. The van der Waals surface area contributed by atoms with Crippen molar-refractivity contribution in [1.82, 2.24) is 0 Å². The molecule has 0 aromatic carbocycles. The average Bonchev–Trinajstić information content (AvgIpc) is 2.60. The number of carbonyl (C=O) groups excluding carboxylic acids is 3. The summed E-state index contributed by atoms with van der Waals surface area (Å²) in [6, 6.07) is 0. The van der Waals surface area contributed by atoms with E-state index < -0.39 is 58.3 Å². The van der Waals surface area contributed by atoms with E-state index in [2.05, 4.69) is 6.58 Å². The molecule has 1 aliphatic rings. The van der Waals surface area contributed by atoms with Gasteiger partial charge in [-0.25, -0.2) is 0 Å². The molecule has 1 unspecified atom stereocenters. The normalized spacial score (nSPS) is 26.3. The van der Waals surface area contributed by atoms with Gasteiger partial charge in [-0.15, -0.1) is 6.58 Å². The van der Waals surface area contributed by atoms with Gasteiger partial charge in [-0.3, -0.25) is 19.8 Å². The Labute approximate surface area is 188 Å². The van der Waals surface area contributed by atoms with Crippen LogP contribution in [-0.4, -0.2) is 71.5 Å². The topological polar surface area (TPSA) is 130 Å². The minimum absolute atomic E-state index is 0.0326. The Morgan fingerprint density at radius 1 is 1.00 bits per heavy atom. The molecule has 10 nitrogen and oxygen atoms in total. The number of halogens is 3. The molecule has 1 rings (SSSR count). The Morgan fingerprint density at radius 3 is 2.03 bits per heavy atom. The number of carbonyl (C=O) groups is 3. The van der Waals surface area contributed by atoms with Crippen molar-refractivity contribution in [3.05, 3.63) is 12.7 Å². The lowest BCUT2D eigenvalue weighted by atomic mass is 9.98. The molecule has 0 saturated carbocycles. The van der Waals surface area contributed by atoms with E-state index in [0.717, 1.165) is 13.8 Å². The van der Waals surface area contributed by atoms with Crippen LogP contribution in [0.3, 0.4) is 0 Å². The Kier molecular flexibility index (Phi) is 10.3. The fourth-order valence-corrected chi connectivity index (χ4v) is 2.64.